The zero-order chi connectivity index (χ0) is 11.5. The van der Waals surface area contributed by atoms with Crippen molar-refractivity contribution in [3.8, 4) is 0 Å². The monoisotopic (exact) mass is 219 g/mol. The molecule has 0 atom stereocenters. The Morgan fingerprint density at radius 1 is 1.44 bits per heavy atom. The van der Waals surface area contributed by atoms with Crippen LogP contribution in [0.25, 0.3) is 0 Å². The van der Waals surface area contributed by atoms with Crippen molar-refractivity contribution >= 4 is 6.03 Å². The van der Waals surface area contributed by atoms with E-state index in [1.54, 1.807) is 4.90 Å². The Hall–Kier alpha value is -1.58. The lowest BCUT2D eigenvalue weighted by atomic mass is 9.90. The van der Waals surface area contributed by atoms with Crippen molar-refractivity contribution in [2.24, 2.45) is 5.73 Å². The number of pyridine rings is 1. The predicted molar refractivity (Wildman–Crippen MR) is 62.1 cm³/mol. The highest BCUT2D eigenvalue weighted by Gasteiger charge is 2.22. The molecular weight excluding hydrogens is 202 g/mol. The number of urea groups is 1. The highest BCUT2D eigenvalue weighted by molar-refractivity contribution is 5.72. The smallest absolute Gasteiger partial charge is 0.314 e. The van der Waals surface area contributed by atoms with Crippen LogP contribution in [0.4, 0.5) is 4.79 Å². The second kappa shape index (κ2) is 4.51. The molecule has 0 saturated carbocycles. The molecule has 0 spiro atoms. The van der Waals surface area contributed by atoms with E-state index in [1.807, 2.05) is 19.2 Å². The number of amides is 2. The molecule has 2 amide bonds. The van der Waals surface area contributed by atoms with Gasteiger partial charge in [-0.25, -0.2) is 4.79 Å². The summed E-state index contributed by atoms with van der Waals surface area (Å²) in [5.41, 5.74) is 7.56. The molecule has 16 heavy (non-hydrogen) atoms. The second-order valence-corrected chi connectivity index (χ2v) is 4.33. The molecule has 0 aliphatic carbocycles. The van der Waals surface area contributed by atoms with Gasteiger partial charge in [0.15, 0.2) is 0 Å². The molecule has 1 aromatic rings. The van der Waals surface area contributed by atoms with Gasteiger partial charge in [-0.05, 0) is 37.3 Å². The number of rotatable bonds is 1. The molecule has 1 saturated heterocycles. The van der Waals surface area contributed by atoms with E-state index in [0.29, 0.717) is 5.92 Å². The molecular formula is C12H17N3O. The molecule has 4 nitrogen and oxygen atoms in total. The number of nitrogens with zero attached hydrogens (tertiary/aromatic N) is 2. The second-order valence-electron chi connectivity index (χ2n) is 4.33. The Morgan fingerprint density at radius 2 is 2.12 bits per heavy atom. The Labute approximate surface area is 95.5 Å². The van der Waals surface area contributed by atoms with Crippen molar-refractivity contribution in [3.63, 3.8) is 0 Å². The zero-order valence-electron chi connectivity index (χ0n) is 9.52. The maximum atomic E-state index is 11.0. The van der Waals surface area contributed by atoms with E-state index >= 15 is 0 Å². The number of aromatic nitrogens is 1. The van der Waals surface area contributed by atoms with Gasteiger partial charge in [0.05, 0.1) is 0 Å². The largest absolute Gasteiger partial charge is 0.351 e. The van der Waals surface area contributed by atoms with Gasteiger partial charge < -0.3 is 10.6 Å². The summed E-state index contributed by atoms with van der Waals surface area (Å²) in [6.45, 7) is 3.50. The summed E-state index contributed by atoms with van der Waals surface area (Å²) >= 11 is 0. The van der Waals surface area contributed by atoms with Gasteiger partial charge in [-0.15, -0.1) is 0 Å². The lowest BCUT2D eigenvalue weighted by Crippen LogP contribution is -2.41. The summed E-state index contributed by atoms with van der Waals surface area (Å²) in [5.74, 6) is 0.517. The van der Waals surface area contributed by atoms with Crippen LogP contribution in [0.5, 0.6) is 0 Å². The summed E-state index contributed by atoms with van der Waals surface area (Å²) < 4.78 is 0. The van der Waals surface area contributed by atoms with Crippen LogP contribution in [-0.4, -0.2) is 29.0 Å². The first-order valence-corrected chi connectivity index (χ1v) is 5.64. The van der Waals surface area contributed by atoms with Crippen LogP contribution in [0.15, 0.2) is 18.3 Å². The molecule has 0 radical (unpaired) electrons. The van der Waals surface area contributed by atoms with Crippen molar-refractivity contribution in [2.45, 2.75) is 25.7 Å². The normalized spacial score (nSPS) is 17.4. The number of likely N-dealkylation sites (tertiary alicyclic amines) is 1. The van der Waals surface area contributed by atoms with Crippen LogP contribution in [0.2, 0.25) is 0 Å². The van der Waals surface area contributed by atoms with Gasteiger partial charge in [-0.2, -0.15) is 0 Å². The third-order valence-corrected chi connectivity index (χ3v) is 3.21. The van der Waals surface area contributed by atoms with Crippen LogP contribution < -0.4 is 5.73 Å². The molecule has 2 rings (SSSR count). The first kappa shape index (κ1) is 10.9. The molecule has 1 aliphatic rings. The molecule has 2 N–H and O–H groups in total. The number of hydrogen-bond acceptors (Lipinski definition) is 2. The Morgan fingerprint density at radius 3 is 2.62 bits per heavy atom. The Kier molecular flexibility index (Phi) is 3.08. The van der Waals surface area contributed by atoms with Crippen molar-refractivity contribution in [3.05, 3.63) is 29.6 Å². The minimum absolute atomic E-state index is 0.305. The predicted octanol–water partition coefficient (Wildman–Crippen LogP) is 1.65. The number of aryl methyl sites for hydroxylation is 1. The number of hydrogen-bond donors (Lipinski definition) is 1. The van der Waals surface area contributed by atoms with Gasteiger partial charge in [0.2, 0.25) is 0 Å². The van der Waals surface area contributed by atoms with Gasteiger partial charge in [0, 0.05) is 25.0 Å². The highest BCUT2D eigenvalue weighted by atomic mass is 16.2. The fourth-order valence-corrected chi connectivity index (χ4v) is 2.15. The molecule has 2 heterocycles. The fraction of sp³-hybridized carbons (Fsp3) is 0.500. The van der Waals surface area contributed by atoms with Crippen LogP contribution in [0, 0.1) is 6.92 Å². The average Bonchev–Trinajstić information content (AvgIpc) is 2.30. The van der Waals surface area contributed by atoms with Crippen molar-refractivity contribution < 1.29 is 4.79 Å². The minimum atomic E-state index is -0.305. The summed E-state index contributed by atoms with van der Waals surface area (Å²) in [4.78, 5) is 17.0. The van der Waals surface area contributed by atoms with Gasteiger partial charge in [0.1, 0.15) is 0 Å². The summed E-state index contributed by atoms with van der Waals surface area (Å²) in [7, 11) is 0. The van der Waals surface area contributed by atoms with E-state index < -0.39 is 0 Å². The van der Waals surface area contributed by atoms with E-state index in [4.69, 9.17) is 5.73 Å². The molecule has 86 valence electrons. The Balaban J connectivity index is 1.99. The average molecular weight is 219 g/mol. The number of piperidine rings is 1. The maximum absolute atomic E-state index is 11.0. The number of carbonyl (C=O) groups is 1. The molecule has 1 aromatic heterocycles. The molecule has 4 heteroatoms. The van der Waals surface area contributed by atoms with Gasteiger partial charge in [0.25, 0.3) is 0 Å². The Bertz CT molecular complexity index is 366. The van der Waals surface area contributed by atoms with Gasteiger partial charge >= 0.3 is 6.03 Å². The molecule has 1 fully saturated rings. The van der Waals surface area contributed by atoms with E-state index in [2.05, 4.69) is 11.1 Å². The van der Waals surface area contributed by atoms with Gasteiger partial charge in [-0.3, -0.25) is 4.98 Å². The van der Waals surface area contributed by atoms with Crippen molar-refractivity contribution in [1.82, 2.24) is 9.88 Å². The number of carbonyl (C=O) groups excluding carboxylic acids is 1. The standard InChI is InChI=1S/C12H17N3O/c1-9-2-3-11(8-14-9)10-4-6-15(7-5-10)12(13)16/h2-3,8,10H,4-7H2,1H3,(H2,13,16). The molecule has 1 aliphatic heterocycles. The lowest BCUT2D eigenvalue weighted by Gasteiger charge is -2.30. The SMILES string of the molecule is Cc1ccc(C2CCN(C(N)=O)CC2)cn1. The van der Waals surface area contributed by atoms with Crippen LogP contribution in [0.3, 0.4) is 0 Å². The molecule has 0 unspecified atom stereocenters. The van der Waals surface area contributed by atoms with Crippen LogP contribution in [-0.2, 0) is 0 Å². The first-order valence-electron chi connectivity index (χ1n) is 5.64. The summed E-state index contributed by atoms with van der Waals surface area (Å²) in [6, 6.07) is 3.86. The van der Waals surface area contributed by atoms with Gasteiger partial charge in [-0.1, -0.05) is 6.07 Å². The van der Waals surface area contributed by atoms with E-state index in [9.17, 15) is 4.79 Å². The third-order valence-electron chi connectivity index (χ3n) is 3.21. The third kappa shape index (κ3) is 2.32. The lowest BCUT2D eigenvalue weighted by molar-refractivity contribution is 0.190. The topological polar surface area (TPSA) is 59.2 Å². The maximum Gasteiger partial charge on any atom is 0.314 e. The van der Waals surface area contributed by atoms with E-state index in [1.165, 1.54) is 5.56 Å². The van der Waals surface area contributed by atoms with E-state index in [-0.39, 0.29) is 6.03 Å². The van der Waals surface area contributed by atoms with Crippen LogP contribution in [0.1, 0.15) is 30.0 Å². The zero-order valence-corrected chi connectivity index (χ0v) is 9.52. The molecule has 0 aromatic carbocycles. The fourth-order valence-electron chi connectivity index (χ4n) is 2.15. The number of nitrogens with two attached hydrogens (primary N) is 1. The quantitative estimate of drug-likeness (QED) is 0.780. The highest BCUT2D eigenvalue weighted by Crippen LogP contribution is 2.27. The summed E-state index contributed by atoms with van der Waals surface area (Å²) in [6.07, 6.45) is 3.90. The summed E-state index contributed by atoms with van der Waals surface area (Å²) in [5, 5.41) is 0. The van der Waals surface area contributed by atoms with Crippen molar-refractivity contribution in [1.29, 1.82) is 0 Å². The first-order chi connectivity index (χ1) is 7.66. The van der Waals surface area contributed by atoms with E-state index in [0.717, 1.165) is 31.6 Å². The molecule has 0 bridgehead atoms. The minimum Gasteiger partial charge on any atom is -0.351 e. The van der Waals surface area contributed by atoms with Crippen molar-refractivity contribution in [2.75, 3.05) is 13.1 Å². The van der Waals surface area contributed by atoms with Crippen LogP contribution >= 0.6 is 0 Å². The number of primary amides is 1.